The minimum atomic E-state index is -0.801. The first-order chi connectivity index (χ1) is 15.4. The molecule has 5 heteroatoms. The minimum Gasteiger partial charge on any atom is -0.507 e. The second-order valence-corrected chi connectivity index (χ2v) is 9.59. The van der Waals surface area contributed by atoms with Gasteiger partial charge in [0.05, 0.1) is 11.5 Å². The van der Waals surface area contributed by atoms with Gasteiger partial charge < -0.3 is 14.6 Å². The largest absolute Gasteiger partial charge is 0.507 e. The molecule has 1 rings (SSSR count). The first kappa shape index (κ1) is 28.5. The van der Waals surface area contributed by atoms with Gasteiger partial charge in [-0.1, -0.05) is 62.1 Å². The van der Waals surface area contributed by atoms with Crippen LogP contribution in [0.2, 0.25) is 0 Å². The van der Waals surface area contributed by atoms with Gasteiger partial charge in [-0.2, -0.15) is 0 Å². The Kier molecular flexibility index (Phi) is 11.4. The molecule has 0 aliphatic rings. The molecule has 0 aromatic carbocycles. The fourth-order valence-corrected chi connectivity index (χ4v) is 4.17. The predicted octanol–water partition coefficient (Wildman–Crippen LogP) is 7.21. The van der Waals surface area contributed by atoms with Crippen LogP contribution >= 0.6 is 0 Å². The van der Waals surface area contributed by atoms with Crippen molar-refractivity contribution in [2.24, 2.45) is 11.8 Å². The number of aromatic hydroxyl groups is 1. The topological polar surface area (TPSA) is 87.7 Å². The lowest BCUT2D eigenvalue weighted by Crippen LogP contribution is -2.11. The standard InChI is InChI=1S/C28H42O5/c1-9-17(2)13-18(3)11-10-12-24(27(30)31)16-20(5)14-19(4)15-21(6)26-22(7)25(29)23(8)28(32)33-26/h13-14,16-17,21,24,29H,9-12,15H2,1-8H3,(H,30,31)/b18-13+,19-14-,20-16+/t17-,21-,24-/m0/s1. The van der Waals surface area contributed by atoms with E-state index in [1.54, 1.807) is 13.8 Å². The second-order valence-electron chi connectivity index (χ2n) is 9.59. The molecule has 184 valence electrons. The summed E-state index contributed by atoms with van der Waals surface area (Å²) in [6.07, 6.45) is 10.2. The molecule has 0 fully saturated rings. The van der Waals surface area contributed by atoms with E-state index >= 15 is 0 Å². The molecule has 0 radical (unpaired) electrons. The molecule has 1 heterocycles. The molecule has 1 aromatic rings. The molecule has 0 bridgehead atoms. The third-order valence-corrected chi connectivity index (χ3v) is 6.22. The lowest BCUT2D eigenvalue weighted by molar-refractivity contribution is -0.140. The van der Waals surface area contributed by atoms with Gasteiger partial charge in [-0.25, -0.2) is 4.79 Å². The number of carbonyl (C=O) groups is 1. The number of hydrogen-bond acceptors (Lipinski definition) is 4. The van der Waals surface area contributed by atoms with E-state index in [4.69, 9.17) is 4.42 Å². The van der Waals surface area contributed by atoms with E-state index in [0.717, 1.165) is 30.4 Å². The van der Waals surface area contributed by atoms with Crippen molar-refractivity contribution in [1.82, 2.24) is 0 Å². The van der Waals surface area contributed by atoms with Crippen LogP contribution in [0.4, 0.5) is 0 Å². The van der Waals surface area contributed by atoms with E-state index in [9.17, 15) is 19.8 Å². The molecule has 2 N–H and O–H groups in total. The van der Waals surface area contributed by atoms with E-state index < -0.39 is 17.5 Å². The smallest absolute Gasteiger partial charge is 0.342 e. The zero-order valence-corrected chi connectivity index (χ0v) is 21.6. The lowest BCUT2D eigenvalue weighted by atomic mass is 9.93. The van der Waals surface area contributed by atoms with Crippen LogP contribution in [0.3, 0.4) is 0 Å². The summed E-state index contributed by atoms with van der Waals surface area (Å²) in [6, 6.07) is 0. The number of carboxylic acid groups (broad SMARTS) is 1. The summed E-state index contributed by atoms with van der Waals surface area (Å²) < 4.78 is 5.44. The molecule has 5 nitrogen and oxygen atoms in total. The van der Waals surface area contributed by atoms with Crippen LogP contribution in [0.15, 0.2) is 44.2 Å². The molecule has 0 amide bonds. The van der Waals surface area contributed by atoms with E-state index in [1.807, 2.05) is 32.9 Å². The van der Waals surface area contributed by atoms with E-state index in [-0.39, 0.29) is 17.2 Å². The van der Waals surface area contributed by atoms with E-state index in [2.05, 4.69) is 26.8 Å². The maximum atomic E-state index is 12.0. The van der Waals surface area contributed by atoms with Crippen LogP contribution in [0.1, 0.15) is 96.5 Å². The van der Waals surface area contributed by atoms with Crippen molar-refractivity contribution in [1.29, 1.82) is 0 Å². The first-order valence-corrected chi connectivity index (χ1v) is 12.0. The van der Waals surface area contributed by atoms with Crippen molar-refractivity contribution in [3.8, 4) is 5.75 Å². The van der Waals surface area contributed by atoms with Crippen LogP contribution in [0.25, 0.3) is 0 Å². The molecule has 0 spiro atoms. The Bertz CT molecular complexity index is 961. The zero-order chi connectivity index (χ0) is 25.3. The minimum absolute atomic E-state index is 0.00987. The summed E-state index contributed by atoms with van der Waals surface area (Å²) in [6.45, 7) is 15.6. The number of rotatable bonds is 12. The molecular formula is C28H42O5. The molecule has 0 aliphatic carbocycles. The lowest BCUT2D eigenvalue weighted by Gasteiger charge is -2.15. The van der Waals surface area contributed by atoms with Gasteiger partial charge in [-0.05, 0) is 66.2 Å². The number of allylic oxidation sites excluding steroid dienone is 5. The average Bonchev–Trinajstić information content (AvgIpc) is 2.73. The van der Waals surface area contributed by atoms with E-state index in [1.165, 1.54) is 5.57 Å². The summed E-state index contributed by atoms with van der Waals surface area (Å²) >= 11 is 0. The fourth-order valence-electron chi connectivity index (χ4n) is 4.17. The Hall–Kier alpha value is -2.56. The highest BCUT2D eigenvalue weighted by Crippen LogP contribution is 2.31. The highest BCUT2D eigenvalue weighted by molar-refractivity contribution is 5.72. The van der Waals surface area contributed by atoms with Crippen molar-refractivity contribution < 1.29 is 19.4 Å². The molecule has 0 aliphatic heterocycles. The molecule has 0 saturated heterocycles. The third kappa shape index (κ3) is 9.07. The average molecular weight is 459 g/mol. The van der Waals surface area contributed by atoms with Crippen molar-refractivity contribution in [2.75, 3.05) is 0 Å². The van der Waals surface area contributed by atoms with Crippen molar-refractivity contribution in [3.63, 3.8) is 0 Å². The van der Waals surface area contributed by atoms with Crippen molar-refractivity contribution in [3.05, 3.63) is 62.3 Å². The monoisotopic (exact) mass is 458 g/mol. The molecule has 1 aromatic heterocycles. The highest BCUT2D eigenvalue weighted by atomic mass is 16.4. The van der Waals surface area contributed by atoms with Crippen LogP contribution in [-0.2, 0) is 4.79 Å². The van der Waals surface area contributed by atoms with Crippen LogP contribution in [0.5, 0.6) is 5.75 Å². The Morgan fingerprint density at radius 1 is 1.06 bits per heavy atom. The Morgan fingerprint density at radius 3 is 2.27 bits per heavy atom. The van der Waals surface area contributed by atoms with Crippen molar-refractivity contribution in [2.45, 2.75) is 93.4 Å². The van der Waals surface area contributed by atoms with Crippen LogP contribution in [-0.4, -0.2) is 16.2 Å². The summed E-state index contributed by atoms with van der Waals surface area (Å²) in [7, 11) is 0. The normalized spacial score (nSPS) is 15.9. The quantitative estimate of drug-likeness (QED) is 0.255. The number of hydrogen-bond donors (Lipinski definition) is 2. The van der Waals surface area contributed by atoms with Crippen LogP contribution in [0, 0.1) is 25.7 Å². The van der Waals surface area contributed by atoms with Gasteiger partial charge in [0.2, 0.25) is 0 Å². The maximum absolute atomic E-state index is 12.0. The Morgan fingerprint density at radius 2 is 1.70 bits per heavy atom. The van der Waals surface area contributed by atoms with Gasteiger partial charge in [-0.15, -0.1) is 0 Å². The molecule has 3 atom stereocenters. The Labute approximate surface area is 198 Å². The fraction of sp³-hybridized carbons (Fsp3) is 0.571. The molecule has 0 unspecified atom stereocenters. The number of carboxylic acids is 1. The SMILES string of the molecule is CC[C@H](C)/C=C(\C)CCC[C@@H](/C=C(C)/C=C(/C)C[C@H](C)c1oc(=O)c(C)c(O)c1C)C(=O)O. The van der Waals surface area contributed by atoms with E-state index in [0.29, 0.717) is 30.1 Å². The van der Waals surface area contributed by atoms with Gasteiger partial charge >= 0.3 is 11.6 Å². The van der Waals surface area contributed by atoms with Gasteiger partial charge in [0.15, 0.2) is 0 Å². The summed E-state index contributed by atoms with van der Waals surface area (Å²) in [5.74, 6) is -0.379. The molecular weight excluding hydrogens is 416 g/mol. The third-order valence-electron chi connectivity index (χ3n) is 6.22. The second kappa shape index (κ2) is 13.2. The van der Waals surface area contributed by atoms with Gasteiger partial charge in [0, 0.05) is 11.5 Å². The number of aliphatic carboxylic acids is 1. The molecule has 33 heavy (non-hydrogen) atoms. The van der Waals surface area contributed by atoms with Crippen LogP contribution < -0.4 is 5.63 Å². The van der Waals surface area contributed by atoms with Gasteiger partial charge in [0.1, 0.15) is 11.5 Å². The summed E-state index contributed by atoms with van der Waals surface area (Å²) in [5, 5.41) is 19.8. The van der Waals surface area contributed by atoms with Crippen molar-refractivity contribution >= 4 is 5.97 Å². The van der Waals surface area contributed by atoms with Gasteiger partial charge in [-0.3, -0.25) is 4.79 Å². The predicted molar refractivity (Wildman–Crippen MR) is 135 cm³/mol. The molecule has 0 saturated carbocycles. The zero-order valence-electron chi connectivity index (χ0n) is 21.6. The summed E-state index contributed by atoms with van der Waals surface area (Å²) in [4.78, 5) is 23.7. The maximum Gasteiger partial charge on any atom is 0.342 e. The first-order valence-electron chi connectivity index (χ1n) is 12.0. The summed E-state index contributed by atoms with van der Waals surface area (Å²) in [5.41, 5.74) is 3.57. The highest BCUT2D eigenvalue weighted by Gasteiger charge is 2.19. The van der Waals surface area contributed by atoms with Gasteiger partial charge in [0.25, 0.3) is 0 Å². The Balaban J connectivity index is 2.86.